The van der Waals surface area contributed by atoms with Crippen LogP contribution in [-0.4, -0.2) is 75.4 Å². The van der Waals surface area contributed by atoms with Crippen LogP contribution in [0.5, 0.6) is 0 Å². The Hall–Kier alpha value is -3.56. The van der Waals surface area contributed by atoms with Gasteiger partial charge in [-0.05, 0) is 67.3 Å². The molecule has 2 aliphatic rings. The van der Waals surface area contributed by atoms with Gasteiger partial charge in [0, 0.05) is 30.6 Å². The van der Waals surface area contributed by atoms with Gasteiger partial charge in [-0.2, -0.15) is 5.10 Å². The van der Waals surface area contributed by atoms with Gasteiger partial charge in [0.15, 0.2) is 0 Å². The number of aromatic nitrogens is 5. The minimum absolute atomic E-state index is 0.0288. The van der Waals surface area contributed by atoms with Crippen LogP contribution in [0, 0.1) is 0 Å². The Kier molecular flexibility index (Phi) is 5.56. The van der Waals surface area contributed by atoms with E-state index in [0.717, 1.165) is 35.4 Å². The van der Waals surface area contributed by atoms with Gasteiger partial charge in [0.1, 0.15) is 11.4 Å². The molecule has 0 saturated carbocycles. The van der Waals surface area contributed by atoms with E-state index in [-0.39, 0.29) is 5.91 Å². The predicted octanol–water partition coefficient (Wildman–Crippen LogP) is 2.75. The lowest BCUT2D eigenvalue weighted by Crippen LogP contribution is -2.40. The Morgan fingerprint density at radius 3 is 2.74 bits per heavy atom. The highest BCUT2D eigenvalue weighted by atomic mass is 16.5. The summed E-state index contributed by atoms with van der Waals surface area (Å²) >= 11 is 0. The first kappa shape index (κ1) is 21.0. The van der Waals surface area contributed by atoms with Crippen molar-refractivity contribution in [3.63, 3.8) is 0 Å². The number of carbonyl (C=O) groups is 1. The van der Waals surface area contributed by atoms with Crippen LogP contribution in [0.25, 0.3) is 28.0 Å². The molecule has 2 aromatic heterocycles. The number of amides is 1. The number of piperidine rings is 1. The molecule has 9 heteroatoms. The van der Waals surface area contributed by atoms with Crippen LogP contribution in [0.15, 0.2) is 48.7 Å². The SMILES string of the molecule is O=C(c1ccc(-n2cc(-c3n[nH]c4ccc(C5CCCNC5)cc34)nn2)cc1)N1CCOCC1. The van der Waals surface area contributed by atoms with Crippen molar-refractivity contribution in [1.82, 2.24) is 35.4 Å². The van der Waals surface area contributed by atoms with Crippen LogP contribution in [0.1, 0.15) is 34.7 Å². The third kappa shape index (κ3) is 3.97. The second-order valence-electron chi connectivity index (χ2n) is 8.92. The minimum Gasteiger partial charge on any atom is -0.378 e. The summed E-state index contributed by atoms with van der Waals surface area (Å²) < 4.78 is 7.05. The Morgan fingerprint density at radius 2 is 1.94 bits per heavy atom. The molecule has 1 unspecified atom stereocenters. The molecule has 4 aromatic rings. The molecule has 0 spiro atoms. The number of hydrogen-bond donors (Lipinski definition) is 2. The first-order valence-electron chi connectivity index (χ1n) is 11.9. The topological polar surface area (TPSA) is 101 Å². The van der Waals surface area contributed by atoms with Crippen LogP contribution < -0.4 is 5.32 Å². The van der Waals surface area contributed by atoms with E-state index in [1.165, 1.54) is 18.4 Å². The average Bonchev–Trinajstić information content (AvgIpc) is 3.56. The lowest BCUT2D eigenvalue weighted by Gasteiger charge is -2.26. The molecule has 4 heterocycles. The maximum atomic E-state index is 12.7. The standard InChI is InChI=1S/C25H27N7O2/c33-25(31-10-12-34-13-11-31)17-3-6-20(7-4-17)32-16-23(28-30-32)24-21-14-18(5-8-22(21)27-29-24)19-2-1-9-26-15-19/h3-8,14,16,19,26H,1-2,9-13,15H2,(H,27,29). The molecule has 2 fully saturated rings. The van der Waals surface area contributed by atoms with Crippen LogP contribution in [-0.2, 0) is 4.74 Å². The quantitative estimate of drug-likeness (QED) is 0.489. The summed E-state index contributed by atoms with van der Waals surface area (Å²) in [6.07, 6.45) is 4.28. The van der Waals surface area contributed by atoms with Crippen molar-refractivity contribution in [2.45, 2.75) is 18.8 Å². The fraction of sp³-hybridized carbons (Fsp3) is 0.360. The van der Waals surface area contributed by atoms with Crippen LogP contribution in [0.4, 0.5) is 0 Å². The second kappa shape index (κ2) is 9.00. The molecule has 6 rings (SSSR count). The molecule has 1 amide bonds. The highest BCUT2D eigenvalue weighted by molar-refractivity contribution is 5.94. The highest BCUT2D eigenvalue weighted by Crippen LogP contribution is 2.30. The molecule has 0 aliphatic carbocycles. The lowest BCUT2D eigenvalue weighted by molar-refractivity contribution is 0.0303. The third-order valence-corrected chi connectivity index (χ3v) is 6.77. The Labute approximate surface area is 197 Å². The average molecular weight is 458 g/mol. The summed E-state index contributed by atoms with van der Waals surface area (Å²) in [5.41, 5.74) is 5.32. The van der Waals surface area contributed by atoms with E-state index in [9.17, 15) is 4.79 Å². The number of nitrogens with zero attached hydrogens (tertiary/aromatic N) is 5. The van der Waals surface area contributed by atoms with Gasteiger partial charge in [0.05, 0.1) is 30.6 Å². The van der Waals surface area contributed by atoms with E-state index < -0.39 is 0 Å². The van der Waals surface area contributed by atoms with Gasteiger partial charge >= 0.3 is 0 Å². The number of carbonyl (C=O) groups excluding carboxylic acids is 1. The number of benzene rings is 2. The Morgan fingerprint density at radius 1 is 1.09 bits per heavy atom. The maximum absolute atomic E-state index is 12.7. The molecule has 2 aliphatic heterocycles. The van der Waals surface area contributed by atoms with Crippen molar-refractivity contribution >= 4 is 16.8 Å². The fourth-order valence-corrected chi connectivity index (χ4v) is 4.82. The zero-order valence-electron chi connectivity index (χ0n) is 18.9. The number of ether oxygens (including phenoxy) is 1. The van der Waals surface area contributed by atoms with Crippen LogP contribution >= 0.6 is 0 Å². The van der Waals surface area contributed by atoms with Gasteiger partial charge in [-0.1, -0.05) is 11.3 Å². The summed E-state index contributed by atoms with van der Waals surface area (Å²) in [6, 6.07) is 14.0. The molecule has 1 atom stereocenters. The van der Waals surface area contributed by atoms with E-state index >= 15 is 0 Å². The van der Waals surface area contributed by atoms with Crippen molar-refractivity contribution in [2.24, 2.45) is 0 Å². The van der Waals surface area contributed by atoms with E-state index in [1.54, 1.807) is 4.68 Å². The molecular weight excluding hydrogens is 430 g/mol. The van der Waals surface area contributed by atoms with Crippen molar-refractivity contribution in [1.29, 1.82) is 0 Å². The van der Waals surface area contributed by atoms with Gasteiger partial charge in [-0.15, -0.1) is 5.10 Å². The fourth-order valence-electron chi connectivity index (χ4n) is 4.82. The Bertz CT molecular complexity index is 1300. The number of H-pyrrole nitrogens is 1. The monoisotopic (exact) mass is 457 g/mol. The van der Waals surface area contributed by atoms with E-state index in [0.29, 0.717) is 43.5 Å². The summed E-state index contributed by atoms with van der Waals surface area (Å²) in [4.78, 5) is 14.5. The zero-order chi connectivity index (χ0) is 22.9. The molecule has 9 nitrogen and oxygen atoms in total. The summed E-state index contributed by atoms with van der Waals surface area (Å²) in [7, 11) is 0. The van der Waals surface area contributed by atoms with E-state index in [1.807, 2.05) is 35.4 Å². The van der Waals surface area contributed by atoms with E-state index in [4.69, 9.17) is 4.74 Å². The van der Waals surface area contributed by atoms with Crippen molar-refractivity contribution in [3.05, 3.63) is 59.8 Å². The molecule has 2 aromatic carbocycles. The van der Waals surface area contributed by atoms with Gasteiger partial charge in [0.2, 0.25) is 0 Å². The third-order valence-electron chi connectivity index (χ3n) is 6.77. The van der Waals surface area contributed by atoms with Gasteiger partial charge in [0.25, 0.3) is 5.91 Å². The Balaban J connectivity index is 1.24. The van der Waals surface area contributed by atoms with E-state index in [2.05, 4.69) is 44.0 Å². The van der Waals surface area contributed by atoms with Crippen molar-refractivity contribution in [2.75, 3.05) is 39.4 Å². The largest absolute Gasteiger partial charge is 0.378 e. The molecular formula is C25H27N7O2. The summed E-state index contributed by atoms with van der Waals surface area (Å²) in [5, 5.41) is 20.9. The molecule has 2 N–H and O–H groups in total. The minimum atomic E-state index is 0.0288. The molecule has 0 bridgehead atoms. The first-order chi connectivity index (χ1) is 16.8. The number of rotatable bonds is 4. The molecule has 34 heavy (non-hydrogen) atoms. The number of aromatic amines is 1. The second-order valence-corrected chi connectivity index (χ2v) is 8.92. The maximum Gasteiger partial charge on any atom is 0.254 e. The molecule has 2 saturated heterocycles. The predicted molar refractivity (Wildman–Crippen MR) is 128 cm³/mol. The van der Waals surface area contributed by atoms with Crippen molar-refractivity contribution < 1.29 is 9.53 Å². The number of hydrogen-bond acceptors (Lipinski definition) is 6. The van der Waals surface area contributed by atoms with Crippen LogP contribution in [0.2, 0.25) is 0 Å². The van der Waals surface area contributed by atoms with Gasteiger partial charge < -0.3 is 15.0 Å². The van der Waals surface area contributed by atoms with Gasteiger partial charge in [-0.3, -0.25) is 9.89 Å². The summed E-state index contributed by atoms with van der Waals surface area (Å²) in [5.74, 6) is 0.552. The van der Waals surface area contributed by atoms with Crippen LogP contribution in [0.3, 0.4) is 0 Å². The summed E-state index contributed by atoms with van der Waals surface area (Å²) in [6.45, 7) is 4.55. The smallest absolute Gasteiger partial charge is 0.254 e. The molecule has 174 valence electrons. The zero-order valence-corrected chi connectivity index (χ0v) is 18.9. The normalized spacial score (nSPS) is 18.9. The molecule has 0 radical (unpaired) electrons. The first-order valence-corrected chi connectivity index (χ1v) is 11.9. The number of nitrogens with one attached hydrogen (secondary N) is 2. The number of fused-ring (bicyclic) bond motifs is 1. The van der Waals surface area contributed by atoms with Crippen molar-refractivity contribution in [3.8, 4) is 17.1 Å². The van der Waals surface area contributed by atoms with Gasteiger partial charge in [-0.25, -0.2) is 4.68 Å². The highest BCUT2D eigenvalue weighted by Gasteiger charge is 2.20. The number of morpholine rings is 1. The lowest BCUT2D eigenvalue weighted by atomic mass is 9.91.